The molecule has 0 aliphatic rings. The zero-order valence-electron chi connectivity index (χ0n) is 12.3. The summed E-state index contributed by atoms with van der Waals surface area (Å²) in [6.07, 6.45) is 0.414. The van der Waals surface area contributed by atoms with E-state index in [4.69, 9.17) is 17.3 Å². The number of amides is 1. The van der Waals surface area contributed by atoms with E-state index in [2.05, 4.69) is 4.98 Å². The zero-order valence-corrected chi connectivity index (χ0v) is 13.0. The van der Waals surface area contributed by atoms with Crippen LogP contribution in [-0.2, 0) is 11.2 Å². The fourth-order valence-corrected chi connectivity index (χ4v) is 2.86. The second kappa shape index (κ2) is 6.26. The molecule has 23 heavy (non-hydrogen) atoms. The number of hydrogen-bond donors (Lipinski definition) is 2. The molecule has 1 aromatic heterocycles. The first-order chi connectivity index (χ1) is 11.0. The average Bonchev–Trinajstić information content (AvgIpc) is 2.53. The summed E-state index contributed by atoms with van der Waals surface area (Å²) in [5.41, 5.74) is 7.70. The maximum absolute atomic E-state index is 11.9. The van der Waals surface area contributed by atoms with Crippen molar-refractivity contribution in [1.82, 2.24) is 4.98 Å². The molecule has 0 spiro atoms. The molecule has 0 fully saturated rings. The van der Waals surface area contributed by atoms with E-state index in [0.717, 1.165) is 16.5 Å². The summed E-state index contributed by atoms with van der Waals surface area (Å²) in [6.45, 7) is 0. The number of rotatable bonds is 4. The number of H-pyrrole nitrogens is 1. The lowest BCUT2D eigenvalue weighted by atomic mass is 9.90. The summed E-state index contributed by atoms with van der Waals surface area (Å²) < 4.78 is 0. The second-order valence-corrected chi connectivity index (χ2v) is 5.83. The third kappa shape index (κ3) is 3.27. The quantitative estimate of drug-likeness (QED) is 0.773. The molecule has 3 N–H and O–H groups in total. The first kappa shape index (κ1) is 15.3. The number of aromatic amines is 1. The van der Waals surface area contributed by atoms with Crippen molar-refractivity contribution in [3.63, 3.8) is 0 Å². The van der Waals surface area contributed by atoms with Crippen LogP contribution in [0.5, 0.6) is 0 Å². The van der Waals surface area contributed by atoms with Crippen molar-refractivity contribution in [3.05, 3.63) is 81.1 Å². The lowest BCUT2D eigenvalue weighted by molar-refractivity contribution is -0.119. The van der Waals surface area contributed by atoms with Gasteiger partial charge in [-0.3, -0.25) is 9.59 Å². The molecule has 4 nitrogen and oxygen atoms in total. The molecule has 1 amide bonds. The van der Waals surface area contributed by atoms with E-state index in [1.165, 1.54) is 6.07 Å². The van der Waals surface area contributed by atoms with Crippen LogP contribution in [0.4, 0.5) is 0 Å². The van der Waals surface area contributed by atoms with Gasteiger partial charge >= 0.3 is 0 Å². The highest BCUT2D eigenvalue weighted by atomic mass is 35.5. The number of hydrogen-bond acceptors (Lipinski definition) is 2. The number of nitrogens with one attached hydrogen (secondary N) is 1. The maximum Gasteiger partial charge on any atom is 0.248 e. The topological polar surface area (TPSA) is 76.0 Å². The van der Waals surface area contributed by atoms with Crippen molar-refractivity contribution >= 4 is 28.4 Å². The molecular weight excluding hydrogens is 312 g/mol. The fourth-order valence-electron chi connectivity index (χ4n) is 2.65. The largest absolute Gasteiger partial charge is 0.369 e. The third-order valence-electron chi connectivity index (χ3n) is 3.88. The number of primary amides is 1. The van der Waals surface area contributed by atoms with Gasteiger partial charge in [0.1, 0.15) is 0 Å². The summed E-state index contributed by atoms with van der Waals surface area (Å²) in [5.74, 6) is -0.939. The Kier molecular flexibility index (Phi) is 4.17. The fraction of sp³-hybridized carbons (Fsp3) is 0.111. The third-order valence-corrected chi connectivity index (χ3v) is 4.25. The first-order valence-corrected chi connectivity index (χ1v) is 7.58. The number of nitrogens with two attached hydrogens (primary N) is 1. The molecule has 0 radical (unpaired) electrons. The Hall–Kier alpha value is -2.59. The molecular formula is C18H15ClN2O2. The molecule has 1 unspecified atom stereocenters. The van der Waals surface area contributed by atoms with E-state index < -0.39 is 11.8 Å². The van der Waals surface area contributed by atoms with Crippen LogP contribution in [0.15, 0.2) is 59.4 Å². The number of carbonyl (C=O) groups excluding carboxylic acids is 1. The van der Waals surface area contributed by atoms with Crippen molar-refractivity contribution in [1.29, 1.82) is 0 Å². The molecule has 2 aromatic carbocycles. The van der Waals surface area contributed by atoms with Crippen LogP contribution >= 0.6 is 11.6 Å². The Bertz CT molecular complexity index is 933. The van der Waals surface area contributed by atoms with Crippen molar-refractivity contribution in [2.45, 2.75) is 12.3 Å². The predicted octanol–water partition coefficient (Wildman–Crippen LogP) is 2.99. The Labute approximate surface area is 137 Å². The van der Waals surface area contributed by atoms with Crippen molar-refractivity contribution in [2.24, 2.45) is 5.73 Å². The molecule has 0 aliphatic carbocycles. The SMILES string of the molecule is NC(=O)C(Cc1ccccc1Cl)c1ccc2ccc(=O)[nH]c2c1. The van der Waals surface area contributed by atoms with Crippen LogP contribution < -0.4 is 11.3 Å². The van der Waals surface area contributed by atoms with Gasteiger partial charge in [0.05, 0.1) is 5.92 Å². The Morgan fingerprint density at radius 3 is 2.61 bits per heavy atom. The summed E-state index contributed by atoms with van der Waals surface area (Å²) in [7, 11) is 0. The lowest BCUT2D eigenvalue weighted by Crippen LogP contribution is -2.23. The van der Waals surface area contributed by atoms with Gasteiger partial charge in [-0.2, -0.15) is 0 Å². The summed E-state index contributed by atoms with van der Waals surface area (Å²) in [5, 5.41) is 1.50. The number of aromatic nitrogens is 1. The molecule has 3 aromatic rings. The van der Waals surface area contributed by atoms with Gasteiger partial charge in [-0.25, -0.2) is 0 Å². The lowest BCUT2D eigenvalue weighted by Gasteiger charge is -2.15. The molecule has 0 aliphatic heterocycles. The van der Waals surface area contributed by atoms with Crippen molar-refractivity contribution < 1.29 is 4.79 Å². The van der Waals surface area contributed by atoms with E-state index in [9.17, 15) is 9.59 Å². The second-order valence-electron chi connectivity index (χ2n) is 5.42. The van der Waals surface area contributed by atoms with Crippen LogP contribution in [0, 0.1) is 0 Å². The molecule has 0 bridgehead atoms. The van der Waals surface area contributed by atoms with Crippen LogP contribution in [0.2, 0.25) is 5.02 Å². The van der Waals surface area contributed by atoms with Gasteiger partial charge in [-0.15, -0.1) is 0 Å². The van der Waals surface area contributed by atoms with Gasteiger partial charge in [-0.05, 0) is 41.1 Å². The average molecular weight is 327 g/mol. The number of benzene rings is 2. The van der Waals surface area contributed by atoms with Crippen molar-refractivity contribution in [2.75, 3.05) is 0 Å². The molecule has 1 heterocycles. The minimum atomic E-state index is -0.511. The predicted molar refractivity (Wildman–Crippen MR) is 91.7 cm³/mol. The molecule has 116 valence electrons. The standard InChI is InChI=1S/C18H15ClN2O2/c19-15-4-2-1-3-13(15)9-14(18(20)23)12-6-5-11-7-8-17(22)21-16(11)10-12/h1-8,10,14H,9H2,(H2,20,23)(H,21,22). The highest BCUT2D eigenvalue weighted by Gasteiger charge is 2.20. The van der Waals surface area contributed by atoms with E-state index in [1.54, 1.807) is 18.2 Å². The smallest absolute Gasteiger partial charge is 0.248 e. The summed E-state index contributed by atoms with van der Waals surface area (Å²) >= 11 is 6.18. The molecule has 0 saturated carbocycles. The van der Waals surface area contributed by atoms with Crippen LogP contribution in [0.3, 0.4) is 0 Å². The Morgan fingerprint density at radius 2 is 1.87 bits per heavy atom. The minimum Gasteiger partial charge on any atom is -0.369 e. The summed E-state index contributed by atoms with van der Waals surface area (Å²) in [4.78, 5) is 26.2. The monoisotopic (exact) mass is 326 g/mol. The van der Waals surface area contributed by atoms with E-state index in [1.807, 2.05) is 30.3 Å². The Balaban J connectivity index is 2.03. The number of halogens is 1. The molecule has 5 heteroatoms. The van der Waals surface area contributed by atoms with E-state index >= 15 is 0 Å². The van der Waals surface area contributed by atoms with E-state index in [-0.39, 0.29) is 5.56 Å². The maximum atomic E-state index is 11.9. The first-order valence-electron chi connectivity index (χ1n) is 7.20. The molecule has 0 saturated heterocycles. The van der Waals surface area contributed by atoms with Gasteiger partial charge in [-0.1, -0.05) is 41.9 Å². The number of carbonyl (C=O) groups is 1. The normalized spacial score (nSPS) is 12.2. The van der Waals surface area contributed by atoms with Gasteiger partial charge in [0.15, 0.2) is 0 Å². The molecule has 1 atom stereocenters. The highest BCUT2D eigenvalue weighted by molar-refractivity contribution is 6.31. The Morgan fingerprint density at radius 1 is 1.13 bits per heavy atom. The van der Waals surface area contributed by atoms with Gasteiger partial charge in [0.25, 0.3) is 0 Å². The van der Waals surface area contributed by atoms with Gasteiger partial charge in [0, 0.05) is 16.6 Å². The highest BCUT2D eigenvalue weighted by Crippen LogP contribution is 2.26. The number of pyridine rings is 1. The van der Waals surface area contributed by atoms with Crippen molar-refractivity contribution in [3.8, 4) is 0 Å². The van der Waals surface area contributed by atoms with Gasteiger partial charge < -0.3 is 10.7 Å². The minimum absolute atomic E-state index is 0.184. The van der Waals surface area contributed by atoms with Gasteiger partial charge in [0.2, 0.25) is 11.5 Å². The zero-order chi connectivity index (χ0) is 16.4. The van der Waals surface area contributed by atoms with Crippen LogP contribution in [0.1, 0.15) is 17.0 Å². The van der Waals surface area contributed by atoms with E-state index in [0.29, 0.717) is 17.0 Å². The van der Waals surface area contributed by atoms with Crippen LogP contribution in [-0.4, -0.2) is 10.9 Å². The summed E-state index contributed by atoms with van der Waals surface area (Å²) in [6, 6.07) is 16.1. The van der Waals surface area contributed by atoms with Crippen LogP contribution in [0.25, 0.3) is 10.9 Å². The number of fused-ring (bicyclic) bond motifs is 1. The molecule has 3 rings (SSSR count).